The summed E-state index contributed by atoms with van der Waals surface area (Å²) in [5.41, 5.74) is 6.66. The van der Waals surface area contributed by atoms with Gasteiger partial charge in [0, 0.05) is 5.92 Å². The van der Waals surface area contributed by atoms with Gasteiger partial charge in [0.25, 0.3) is 0 Å². The number of hydrogen-bond donors (Lipinski definition) is 1. The zero-order chi connectivity index (χ0) is 18.8. The highest BCUT2D eigenvalue weighted by Gasteiger charge is 2.32. The summed E-state index contributed by atoms with van der Waals surface area (Å²) in [6.07, 6.45) is 3.12. The lowest BCUT2D eigenvalue weighted by atomic mass is 9.69. The molecule has 2 atom stereocenters. The molecular formula is C25H26O2. The van der Waals surface area contributed by atoms with Crippen LogP contribution in [0.1, 0.15) is 53.0 Å². The molecule has 0 saturated heterocycles. The molecule has 2 nitrogen and oxygen atoms in total. The summed E-state index contributed by atoms with van der Waals surface area (Å²) in [7, 11) is 1.70. The molecule has 0 aromatic heterocycles. The van der Waals surface area contributed by atoms with E-state index >= 15 is 0 Å². The maximum atomic E-state index is 9.94. The maximum absolute atomic E-state index is 9.94. The largest absolute Gasteiger partial charge is 0.508 e. The zero-order valence-electron chi connectivity index (χ0n) is 16.0. The SMILES string of the molecule is CCc1ccc([C@@H]2c3ccc(O)cc3CC[C@@H]2c2ccc(OC)cc2)cc1. The number of phenolic OH excluding ortho intramolecular Hbond substituents is 1. The second kappa shape index (κ2) is 7.48. The van der Waals surface area contributed by atoms with Crippen LogP contribution in [-0.2, 0) is 12.8 Å². The van der Waals surface area contributed by atoms with E-state index in [0.29, 0.717) is 17.6 Å². The first kappa shape index (κ1) is 17.7. The average molecular weight is 358 g/mol. The Morgan fingerprint density at radius 2 is 1.63 bits per heavy atom. The molecule has 0 bridgehead atoms. The molecule has 0 amide bonds. The molecule has 138 valence electrons. The topological polar surface area (TPSA) is 29.5 Å². The van der Waals surface area contributed by atoms with Crippen molar-refractivity contribution in [3.8, 4) is 11.5 Å². The minimum absolute atomic E-state index is 0.300. The van der Waals surface area contributed by atoms with Gasteiger partial charge in [-0.15, -0.1) is 0 Å². The third-order valence-electron chi connectivity index (χ3n) is 5.88. The molecule has 0 aliphatic heterocycles. The highest BCUT2D eigenvalue weighted by Crippen LogP contribution is 2.47. The first-order valence-corrected chi connectivity index (χ1v) is 9.74. The number of benzene rings is 3. The molecule has 0 fully saturated rings. The Morgan fingerprint density at radius 1 is 0.926 bits per heavy atom. The fourth-order valence-electron chi connectivity index (χ4n) is 4.39. The summed E-state index contributed by atoms with van der Waals surface area (Å²) < 4.78 is 5.34. The van der Waals surface area contributed by atoms with Crippen LogP contribution < -0.4 is 4.74 Å². The smallest absolute Gasteiger partial charge is 0.118 e. The minimum atomic E-state index is 0.300. The lowest BCUT2D eigenvalue weighted by Crippen LogP contribution is -2.20. The summed E-state index contributed by atoms with van der Waals surface area (Å²) in [4.78, 5) is 0. The number of fused-ring (bicyclic) bond motifs is 1. The average Bonchev–Trinajstić information content (AvgIpc) is 2.73. The molecule has 1 aliphatic rings. The number of methoxy groups -OCH3 is 1. The van der Waals surface area contributed by atoms with E-state index in [4.69, 9.17) is 4.74 Å². The Morgan fingerprint density at radius 3 is 2.30 bits per heavy atom. The molecule has 2 heteroatoms. The zero-order valence-corrected chi connectivity index (χ0v) is 16.0. The predicted molar refractivity (Wildman–Crippen MR) is 110 cm³/mol. The Balaban J connectivity index is 1.80. The van der Waals surface area contributed by atoms with Gasteiger partial charge in [0.15, 0.2) is 0 Å². The van der Waals surface area contributed by atoms with Crippen LogP contribution in [0.5, 0.6) is 11.5 Å². The van der Waals surface area contributed by atoms with Gasteiger partial charge in [0.1, 0.15) is 11.5 Å². The quantitative estimate of drug-likeness (QED) is 0.636. The standard InChI is InChI=1S/C25H26O2/c1-3-17-4-6-19(7-5-17)25-23(18-8-12-22(27-2)13-9-18)14-10-20-16-21(26)11-15-24(20)25/h4-9,11-13,15-16,23,25-26H,3,10,14H2,1-2H3/t23-,25+/m1/s1. The molecule has 3 aromatic rings. The first-order chi connectivity index (χ1) is 13.2. The maximum Gasteiger partial charge on any atom is 0.118 e. The van der Waals surface area contributed by atoms with Crippen LogP contribution in [-0.4, -0.2) is 12.2 Å². The Labute approximate surface area is 161 Å². The summed E-state index contributed by atoms with van der Waals surface area (Å²) in [6.45, 7) is 2.19. The van der Waals surface area contributed by atoms with E-state index in [2.05, 4.69) is 61.5 Å². The fourth-order valence-corrected chi connectivity index (χ4v) is 4.39. The van der Waals surface area contributed by atoms with Gasteiger partial charge in [-0.25, -0.2) is 0 Å². The molecule has 1 aliphatic carbocycles. The number of hydrogen-bond acceptors (Lipinski definition) is 2. The van der Waals surface area contributed by atoms with Crippen molar-refractivity contribution >= 4 is 0 Å². The van der Waals surface area contributed by atoms with Gasteiger partial charge in [-0.2, -0.15) is 0 Å². The van der Waals surface area contributed by atoms with Crippen molar-refractivity contribution < 1.29 is 9.84 Å². The van der Waals surface area contributed by atoms with Gasteiger partial charge in [-0.3, -0.25) is 0 Å². The van der Waals surface area contributed by atoms with Crippen LogP contribution >= 0.6 is 0 Å². The van der Waals surface area contributed by atoms with Crippen LogP contribution in [0.3, 0.4) is 0 Å². The van der Waals surface area contributed by atoms with E-state index in [-0.39, 0.29) is 0 Å². The van der Waals surface area contributed by atoms with Gasteiger partial charge < -0.3 is 9.84 Å². The Hall–Kier alpha value is -2.74. The highest BCUT2D eigenvalue weighted by molar-refractivity contribution is 5.48. The number of ether oxygens (including phenoxy) is 1. The lowest BCUT2D eigenvalue weighted by molar-refractivity contribution is 0.414. The molecule has 27 heavy (non-hydrogen) atoms. The monoisotopic (exact) mass is 358 g/mol. The third-order valence-corrected chi connectivity index (χ3v) is 5.88. The summed E-state index contributed by atoms with van der Waals surface area (Å²) in [5, 5.41) is 9.94. The van der Waals surface area contributed by atoms with Crippen molar-refractivity contribution in [3.63, 3.8) is 0 Å². The number of aryl methyl sites for hydroxylation is 2. The summed E-state index contributed by atoms with van der Waals surface area (Å²) in [6, 6.07) is 23.4. The Kier molecular flexibility index (Phi) is 4.89. The van der Waals surface area contributed by atoms with Crippen molar-refractivity contribution in [2.24, 2.45) is 0 Å². The first-order valence-electron chi connectivity index (χ1n) is 9.74. The van der Waals surface area contributed by atoms with Crippen LogP contribution in [0.4, 0.5) is 0 Å². The van der Waals surface area contributed by atoms with E-state index in [0.717, 1.165) is 25.0 Å². The van der Waals surface area contributed by atoms with Crippen molar-refractivity contribution in [2.75, 3.05) is 7.11 Å². The molecule has 3 aromatic carbocycles. The van der Waals surface area contributed by atoms with E-state index < -0.39 is 0 Å². The van der Waals surface area contributed by atoms with Gasteiger partial charge >= 0.3 is 0 Å². The van der Waals surface area contributed by atoms with Crippen LogP contribution in [0.15, 0.2) is 66.7 Å². The van der Waals surface area contributed by atoms with Gasteiger partial charge in [0.05, 0.1) is 7.11 Å². The van der Waals surface area contributed by atoms with Crippen LogP contribution in [0.2, 0.25) is 0 Å². The van der Waals surface area contributed by atoms with E-state index in [1.165, 1.54) is 27.8 Å². The number of aromatic hydroxyl groups is 1. The summed E-state index contributed by atoms with van der Waals surface area (Å²) >= 11 is 0. The molecule has 1 N–H and O–H groups in total. The Bertz CT molecular complexity index is 910. The van der Waals surface area contributed by atoms with Crippen LogP contribution in [0.25, 0.3) is 0 Å². The van der Waals surface area contributed by atoms with Gasteiger partial charge in [0.2, 0.25) is 0 Å². The normalized spacial score (nSPS) is 18.7. The van der Waals surface area contributed by atoms with E-state index in [9.17, 15) is 5.11 Å². The van der Waals surface area contributed by atoms with Gasteiger partial charge in [-0.05, 0) is 77.3 Å². The molecule has 0 heterocycles. The molecule has 0 spiro atoms. The van der Waals surface area contributed by atoms with E-state index in [1.807, 2.05) is 12.1 Å². The molecule has 0 radical (unpaired) electrons. The molecule has 0 unspecified atom stereocenters. The fraction of sp³-hybridized carbons (Fsp3) is 0.280. The minimum Gasteiger partial charge on any atom is -0.508 e. The van der Waals surface area contributed by atoms with Crippen molar-refractivity contribution in [2.45, 2.75) is 38.0 Å². The van der Waals surface area contributed by atoms with Crippen molar-refractivity contribution in [3.05, 3.63) is 94.5 Å². The van der Waals surface area contributed by atoms with Crippen LogP contribution in [0, 0.1) is 0 Å². The summed E-state index contributed by atoms with van der Waals surface area (Å²) in [5.74, 6) is 1.97. The number of phenols is 1. The highest BCUT2D eigenvalue weighted by atomic mass is 16.5. The van der Waals surface area contributed by atoms with E-state index in [1.54, 1.807) is 7.11 Å². The second-order valence-electron chi connectivity index (χ2n) is 7.37. The second-order valence-corrected chi connectivity index (χ2v) is 7.37. The van der Waals surface area contributed by atoms with Crippen molar-refractivity contribution in [1.82, 2.24) is 0 Å². The van der Waals surface area contributed by atoms with Crippen molar-refractivity contribution in [1.29, 1.82) is 0 Å². The third kappa shape index (κ3) is 3.44. The number of rotatable bonds is 4. The molecule has 4 rings (SSSR count). The lowest BCUT2D eigenvalue weighted by Gasteiger charge is -2.35. The van der Waals surface area contributed by atoms with Gasteiger partial charge in [-0.1, -0.05) is 49.4 Å². The molecular weight excluding hydrogens is 332 g/mol. The molecule has 0 saturated carbocycles. The predicted octanol–water partition coefficient (Wildman–Crippen LogP) is 5.83.